The zero-order valence-electron chi connectivity index (χ0n) is 10.6. The monoisotopic (exact) mass is 238 g/mol. The summed E-state index contributed by atoms with van der Waals surface area (Å²) in [6, 6.07) is 3.78. The molecule has 5 heteroatoms. The molecule has 0 saturated heterocycles. The summed E-state index contributed by atoms with van der Waals surface area (Å²) < 4.78 is 5.73. The van der Waals surface area contributed by atoms with Crippen molar-refractivity contribution in [3.8, 4) is 5.75 Å². The van der Waals surface area contributed by atoms with E-state index < -0.39 is 0 Å². The summed E-state index contributed by atoms with van der Waals surface area (Å²) in [6.45, 7) is 6.57. The smallest absolute Gasteiger partial charge is 0.171 e. The van der Waals surface area contributed by atoms with Crippen molar-refractivity contribution < 1.29 is 4.74 Å². The summed E-state index contributed by atoms with van der Waals surface area (Å²) in [5.74, 6) is 1.60. The number of rotatable bonds is 7. The topological polar surface area (TPSA) is 77.4 Å². The Morgan fingerprint density at radius 3 is 2.47 bits per heavy atom. The van der Waals surface area contributed by atoms with Gasteiger partial charge in [0.15, 0.2) is 11.6 Å². The minimum absolute atomic E-state index is 0.121. The third-order valence-electron chi connectivity index (χ3n) is 2.21. The predicted molar refractivity (Wildman–Crippen MR) is 70.3 cm³/mol. The van der Waals surface area contributed by atoms with E-state index in [1.807, 2.05) is 26.0 Å². The first-order chi connectivity index (χ1) is 8.19. The first-order valence-corrected chi connectivity index (χ1v) is 5.95. The lowest BCUT2D eigenvalue weighted by Gasteiger charge is -2.25. The molecule has 4 N–H and O–H groups in total. The highest BCUT2D eigenvalue weighted by molar-refractivity contribution is 5.52. The third kappa shape index (κ3) is 4.20. The maximum absolute atomic E-state index is 5.73. The van der Waals surface area contributed by atoms with Gasteiger partial charge < -0.3 is 21.1 Å². The first kappa shape index (κ1) is 13.7. The fraction of sp³-hybridized carbons (Fsp3) is 0.583. The van der Waals surface area contributed by atoms with Gasteiger partial charge in [-0.15, -0.1) is 0 Å². The summed E-state index contributed by atoms with van der Waals surface area (Å²) in [6.07, 6.45) is 1.87. The molecular weight excluding hydrogens is 216 g/mol. The molecule has 1 rings (SSSR count). The van der Waals surface area contributed by atoms with Gasteiger partial charge >= 0.3 is 0 Å². The van der Waals surface area contributed by atoms with Gasteiger partial charge in [-0.05, 0) is 26.0 Å². The van der Waals surface area contributed by atoms with Crippen LogP contribution < -0.4 is 21.1 Å². The number of hydrogen-bond acceptors (Lipinski definition) is 5. The molecule has 17 heavy (non-hydrogen) atoms. The largest absolute Gasteiger partial charge is 0.487 e. The highest BCUT2D eigenvalue weighted by atomic mass is 16.5. The minimum Gasteiger partial charge on any atom is -0.487 e. The molecule has 0 atom stereocenters. The number of nitrogens with two attached hydrogens (primary N) is 2. The molecule has 5 nitrogen and oxygen atoms in total. The molecule has 0 unspecified atom stereocenters. The molecule has 0 spiro atoms. The van der Waals surface area contributed by atoms with Crippen LogP contribution in [-0.2, 0) is 0 Å². The molecule has 0 aliphatic carbocycles. The van der Waals surface area contributed by atoms with Crippen LogP contribution in [-0.4, -0.2) is 37.3 Å². The average Bonchev–Trinajstić information content (AvgIpc) is 2.29. The number of aromatic nitrogens is 1. The Kier molecular flexibility index (Phi) is 5.72. The first-order valence-electron chi connectivity index (χ1n) is 5.95. The molecule has 0 aromatic carbocycles. The Balaban J connectivity index is 2.91. The Labute approximate surface area is 103 Å². The van der Waals surface area contributed by atoms with E-state index >= 15 is 0 Å². The standard InChI is InChI=1S/C12H22N4O/c1-10(2)17-11-4-3-7-15-12(11)16(8-5-13)9-6-14/h3-4,7,10H,5-6,8-9,13-14H2,1-2H3. The molecule has 1 aromatic rings. The maximum Gasteiger partial charge on any atom is 0.171 e. The van der Waals surface area contributed by atoms with Crippen molar-refractivity contribution in [3.63, 3.8) is 0 Å². The van der Waals surface area contributed by atoms with Gasteiger partial charge in [0.2, 0.25) is 0 Å². The van der Waals surface area contributed by atoms with Gasteiger partial charge in [0.25, 0.3) is 0 Å². The van der Waals surface area contributed by atoms with Crippen LogP contribution in [0.1, 0.15) is 13.8 Å². The maximum atomic E-state index is 5.73. The summed E-state index contributed by atoms with van der Waals surface area (Å²) in [4.78, 5) is 6.41. The van der Waals surface area contributed by atoms with Crippen molar-refractivity contribution in [3.05, 3.63) is 18.3 Å². The van der Waals surface area contributed by atoms with Gasteiger partial charge in [-0.25, -0.2) is 4.98 Å². The highest BCUT2D eigenvalue weighted by Crippen LogP contribution is 2.25. The lowest BCUT2D eigenvalue weighted by atomic mass is 10.3. The van der Waals surface area contributed by atoms with Crippen LogP contribution >= 0.6 is 0 Å². The van der Waals surface area contributed by atoms with E-state index in [9.17, 15) is 0 Å². The van der Waals surface area contributed by atoms with E-state index in [2.05, 4.69) is 9.88 Å². The summed E-state index contributed by atoms with van der Waals surface area (Å²) in [7, 11) is 0. The lowest BCUT2D eigenvalue weighted by Crippen LogP contribution is -2.35. The number of nitrogens with zero attached hydrogens (tertiary/aromatic N) is 2. The minimum atomic E-state index is 0.121. The molecule has 0 saturated carbocycles. The molecule has 1 heterocycles. The van der Waals surface area contributed by atoms with Crippen LogP contribution in [0.15, 0.2) is 18.3 Å². The van der Waals surface area contributed by atoms with Gasteiger partial charge in [-0.1, -0.05) is 0 Å². The average molecular weight is 238 g/mol. The second-order valence-electron chi connectivity index (χ2n) is 4.06. The Morgan fingerprint density at radius 2 is 1.94 bits per heavy atom. The SMILES string of the molecule is CC(C)Oc1cccnc1N(CCN)CCN. The second-order valence-corrected chi connectivity index (χ2v) is 4.06. The molecule has 0 amide bonds. The van der Waals surface area contributed by atoms with Gasteiger partial charge in [0, 0.05) is 32.4 Å². The normalized spacial score (nSPS) is 10.6. The fourth-order valence-corrected chi connectivity index (χ4v) is 1.60. The molecule has 0 aliphatic rings. The number of pyridine rings is 1. The number of ether oxygens (including phenoxy) is 1. The van der Waals surface area contributed by atoms with Gasteiger partial charge in [-0.2, -0.15) is 0 Å². The summed E-state index contributed by atoms with van der Waals surface area (Å²) >= 11 is 0. The van der Waals surface area contributed by atoms with Crippen LogP contribution in [0.3, 0.4) is 0 Å². The Morgan fingerprint density at radius 1 is 1.29 bits per heavy atom. The van der Waals surface area contributed by atoms with Crippen molar-refractivity contribution in [1.82, 2.24) is 4.98 Å². The number of anilines is 1. The zero-order valence-corrected chi connectivity index (χ0v) is 10.6. The predicted octanol–water partition coefficient (Wildman–Crippen LogP) is 0.593. The zero-order chi connectivity index (χ0) is 12.7. The second kappa shape index (κ2) is 7.09. The van der Waals surface area contributed by atoms with E-state index in [0.717, 1.165) is 24.7 Å². The summed E-state index contributed by atoms with van der Waals surface area (Å²) in [5, 5.41) is 0. The van der Waals surface area contributed by atoms with Crippen molar-refractivity contribution in [2.45, 2.75) is 20.0 Å². The van der Waals surface area contributed by atoms with Crippen LogP contribution in [0.5, 0.6) is 5.75 Å². The van der Waals surface area contributed by atoms with E-state index in [-0.39, 0.29) is 6.10 Å². The van der Waals surface area contributed by atoms with Crippen molar-refractivity contribution in [2.24, 2.45) is 11.5 Å². The molecule has 1 aromatic heterocycles. The molecule has 0 fully saturated rings. The van der Waals surface area contributed by atoms with Gasteiger partial charge in [0.05, 0.1) is 6.10 Å². The fourth-order valence-electron chi connectivity index (χ4n) is 1.60. The van der Waals surface area contributed by atoms with Crippen LogP contribution in [0.4, 0.5) is 5.82 Å². The highest BCUT2D eigenvalue weighted by Gasteiger charge is 2.13. The molecule has 96 valence electrons. The van der Waals surface area contributed by atoms with E-state index in [0.29, 0.717) is 13.1 Å². The van der Waals surface area contributed by atoms with Gasteiger partial charge in [-0.3, -0.25) is 0 Å². The van der Waals surface area contributed by atoms with E-state index in [4.69, 9.17) is 16.2 Å². The molecule has 0 aliphatic heterocycles. The van der Waals surface area contributed by atoms with Crippen molar-refractivity contribution >= 4 is 5.82 Å². The van der Waals surface area contributed by atoms with Crippen LogP contribution in [0, 0.1) is 0 Å². The van der Waals surface area contributed by atoms with E-state index in [1.54, 1.807) is 6.20 Å². The molecule has 0 radical (unpaired) electrons. The van der Waals surface area contributed by atoms with Crippen molar-refractivity contribution in [2.75, 3.05) is 31.1 Å². The van der Waals surface area contributed by atoms with Crippen molar-refractivity contribution in [1.29, 1.82) is 0 Å². The molecular formula is C12H22N4O. The quantitative estimate of drug-likeness (QED) is 0.727. The Hall–Kier alpha value is -1.33. The number of hydrogen-bond donors (Lipinski definition) is 2. The molecule has 0 bridgehead atoms. The Bertz CT molecular complexity index is 324. The summed E-state index contributed by atoms with van der Waals surface area (Å²) in [5.41, 5.74) is 11.2. The van der Waals surface area contributed by atoms with Crippen LogP contribution in [0.25, 0.3) is 0 Å². The van der Waals surface area contributed by atoms with Crippen LogP contribution in [0.2, 0.25) is 0 Å². The van der Waals surface area contributed by atoms with Gasteiger partial charge in [0.1, 0.15) is 0 Å². The third-order valence-corrected chi connectivity index (χ3v) is 2.21. The lowest BCUT2D eigenvalue weighted by molar-refractivity contribution is 0.242. The van der Waals surface area contributed by atoms with E-state index in [1.165, 1.54) is 0 Å².